The molecule has 0 amide bonds. The molecule has 1 heterocycles. The van der Waals surface area contributed by atoms with Crippen molar-refractivity contribution in [2.75, 3.05) is 5.73 Å². The van der Waals surface area contributed by atoms with Crippen LogP contribution in [0.25, 0.3) is 0 Å². The molecule has 4 heteroatoms. The smallest absolute Gasteiger partial charge is 0.125 e. The molecule has 1 aromatic rings. The Balaban J connectivity index is 3.28. The Hall–Kier alpha value is 0.160. The maximum absolute atomic E-state index is 5.60. The van der Waals surface area contributed by atoms with Crippen molar-refractivity contribution in [3.63, 3.8) is 0 Å². The predicted molar refractivity (Wildman–Crippen MR) is 53.8 cm³/mol. The molecule has 1 rings (SSSR count). The molecule has 0 saturated heterocycles. The number of rotatable bonds is 0. The van der Waals surface area contributed by atoms with Gasteiger partial charge < -0.3 is 5.73 Å². The van der Waals surface area contributed by atoms with Crippen molar-refractivity contribution in [1.82, 2.24) is 4.98 Å². The van der Waals surface area contributed by atoms with Gasteiger partial charge in [0.25, 0.3) is 0 Å². The zero-order valence-electron chi connectivity index (χ0n) is 5.36. The number of nitrogens with two attached hydrogens (primary N) is 1. The van der Waals surface area contributed by atoms with Crippen LogP contribution in [0.4, 0.5) is 5.69 Å². The average Bonchev–Trinajstić information content (AvgIpc) is 1.84. The number of aromatic nitrogens is 1. The summed E-state index contributed by atoms with van der Waals surface area (Å²) in [6.07, 6.45) is 0. The fourth-order valence-corrected chi connectivity index (χ4v) is 1.61. The number of nitrogens with zero attached hydrogens (tertiary/aromatic N) is 1. The third-order valence-corrected chi connectivity index (χ3v) is 2.80. The Bertz CT molecular complexity index is 212. The van der Waals surface area contributed by atoms with Crippen LogP contribution in [-0.4, -0.2) is 4.98 Å². The monoisotopic (exact) mass is 312 g/mol. The summed E-state index contributed by atoms with van der Waals surface area (Å²) in [5, 5.41) is 0. The van der Waals surface area contributed by atoms with Gasteiger partial charge in [0.15, 0.2) is 0 Å². The van der Waals surface area contributed by atoms with Crippen molar-refractivity contribution < 1.29 is 0 Å². The van der Waals surface area contributed by atoms with Crippen LogP contribution in [-0.2, 0) is 0 Å². The number of hydrogen-bond acceptors (Lipinski definition) is 2. The van der Waals surface area contributed by atoms with Gasteiger partial charge in [-0.25, -0.2) is 4.98 Å². The fraction of sp³-hybridized carbons (Fsp3) is 0.167. The van der Waals surface area contributed by atoms with E-state index in [1.807, 2.05) is 13.0 Å². The van der Waals surface area contributed by atoms with Gasteiger partial charge in [-0.1, -0.05) is 0 Å². The highest BCUT2D eigenvalue weighted by molar-refractivity contribution is 14.1. The quantitative estimate of drug-likeness (QED) is 0.590. The van der Waals surface area contributed by atoms with Gasteiger partial charge in [0.2, 0.25) is 0 Å². The summed E-state index contributed by atoms with van der Waals surface area (Å²) in [7, 11) is 0. The number of aryl methyl sites for hydroxylation is 1. The predicted octanol–water partition coefficient (Wildman–Crippen LogP) is 2.34. The third kappa shape index (κ3) is 1.60. The van der Waals surface area contributed by atoms with Crippen LogP contribution in [0.15, 0.2) is 10.7 Å². The summed E-state index contributed by atoms with van der Waals surface area (Å²) >= 11 is 5.41. The first kappa shape index (κ1) is 8.26. The van der Waals surface area contributed by atoms with Crippen LogP contribution in [0.3, 0.4) is 0 Å². The molecular weight excluding hydrogens is 307 g/mol. The third-order valence-electron chi connectivity index (χ3n) is 1.13. The highest BCUT2D eigenvalue weighted by atomic mass is 127. The number of hydrogen-bond donors (Lipinski definition) is 1. The second-order valence-electron chi connectivity index (χ2n) is 1.98. The van der Waals surface area contributed by atoms with Crippen molar-refractivity contribution >= 4 is 44.2 Å². The summed E-state index contributed by atoms with van der Waals surface area (Å²) < 4.78 is 1.71. The molecule has 0 bridgehead atoms. The summed E-state index contributed by atoms with van der Waals surface area (Å²) in [5.74, 6) is 0. The van der Waals surface area contributed by atoms with E-state index in [9.17, 15) is 0 Å². The van der Waals surface area contributed by atoms with Crippen LogP contribution in [0, 0.1) is 10.6 Å². The van der Waals surface area contributed by atoms with Gasteiger partial charge in [-0.2, -0.15) is 0 Å². The van der Waals surface area contributed by atoms with Gasteiger partial charge >= 0.3 is 0 Å². The summed E-state index contributed by atoms with van der Waals surface area (Å²) in [5.41, 5.74) is 7.40. The van der Waals surface area contributed by atoms with Crippen LogP contribution in [0.5, 0.6) is 0 Å². The summed E-state index contributed by atoms with van der Waals surface area (Å²) in [6.45, 7) is 1.96. The van der Waals surface area contributed by atoms with E-state index in [0.717, 1.165) is 19.6 Å². The van der Waals surface area contributed by atoms with E-state index in [2.05, 4.69) is 43.5 Å². The molecule has 54 valence electrons. The topological polar surface area (TPSA) is 38.9 Å². The maximum atomic E-state index is 5.60. The van der Waals surface area contributed by atoms with Crippen molar-refractivity contribution in [2.45, 2.75) is 6.92 Å². The van der Waals surface area contributed by atoms with E-state index >= 15 is 0 Å². The minimum Gasteiger partial charge on any atom is -0.397 e. The zero-order chi connectivity index (χ0) is 7.72. The summed E-state index contributed by atoms with van der Waals surface area (Å²) in [6, 6.07) is 1.90. The summed E-state index contributed by atoms with van der Waals surface area (Å²) in [4.78, 5) is 4.15. The zero-order valence-corrected chi connectivity index (χ0v) is 9.10. The van der Waals surface area contributed by atoms with Crippen molar-refractivity contribution in [1.29, 1.82) is 0 Å². The minimum atomic E-state index is 0.737. The lowest BCUT2D eigenvalue weighted by Crippen LogP contribution is -1.94. The van der Waals surface area contributed by atoms with Gasteiger partial charge in [-0.3, -0.25) is 0 Å². The molecule has 10 heavy (non-hydrogen) atoms. The number of pyridine rings is 1. The average molecular weight is 313 g/mol. The Labute approximate surface area is 81.5 Å². The van der Waals surface area contributed by atoms with Crippen LogP contribution < -0.4 is 5.73 Å². The lowest BCUT2D eigenvalue weighted by Gasteiger charge is -2.00. The van der Waals surface area contributed by atoms with Crippen LogP contribution in [0.2, 0.25) is 0 Å². The largest absolute Gasteiger partial charge is 0.397 e. The molecule has 2 N–H and O–H groups in total. The second-order valence-corrected chi connectivity index (χ2v) is 3.75. The van der Waals surface area contributed by atoms with Gasteiger partial charge in [0, 0.05) is 0 Å². The number of anilines is 1. The molecule has 2 nitrogen and oxygen atoms in total. The second kappa shape index (κ2) is 3.04. The Morgan fingerprint density at radius 2 is 2.30 bits per heavy atom. The van der Waals surface area contributed by atoms with Crippen LogP contribution >= 0.6 is 38.5 Å². The molecule has 0 radical (unpaired) electrons. The van der Waals surface area contributed by atoms with E-state index in [1.165, 1.54) is 0 Å². The number of nitrogen functional groups attached to an aromatic ring is 1. The Morgan fingerprint density at radius 3 is 2.80 bits per heavy atom. The van der Waals surface area contributed by atoms with E-state index in [0.29, 0.717) is 0 Å². The molecule has 0 aliphatic heterocycles. The molecule has 0 saturated carbocycles. The molecule has 0 spiro atoms. The molecule has 0 aliphatic rings. The van der Waals surface area contributed by atoms with Gasteiger partial charge in [0.05, 0.1) is 5.69 Å². The minimum absolute atomic E-state index is 0.737. The Kier molecular flexibility index (Phi) is 2.51. The lowest BCUT2D eigenvalue weighted by molar-refractivity contribution is 1.18. The molecule has 0 unspecified atom stereocenters. The highest BCUT2D eigenvalue weighted by Crippen LogP contribution is 2.19. The van der Waals surface area contributed by atoms with E-state index in [-0.39, 0.29) is 0 Å². The molecule has 0 atom stereocenters. The van der Waals surface area contributed by atoms with Crippen molar-refractivity contribution in [3.8, 4) is 0 Å². The van der Waals surface area contributed by atoms with Gasteiger partial charge in [-0.15, -0.1) is 0 Å². The fourth-order valence-electron chi connectivity index (χ4n) is 0.591. The standard InChI is InChI=1S/C6H6BrIN2/c1-3-2-4(9)6(8)10-5(3)7/h2H,9H2,1H3. The van der Waals surface area contributed by atoms with E-state index in [1.54, 1.807) is 0 Å². The van der Waals surface area contributed by atoms with Crippen LogP contribution in [0.1, 0.15) is 5.56 Å². The van der Waals surface area contributed by atoms with Crippen molar-refractivity contribution in [3.05, 3.63) is 19.9 Å². The molecule has 0 aromatic carbocycles. The maximum Gasteiger partial charge on any atom is 0.125 e. The van der Waals surface area contributed by atoms with Gasteiger partial charge in [-0.05, 0) is 57.1 Å². The number of halogens is 2. The highest BCUT2D eigenvalue weighted by Gasteiger charge is 2.00. The Morgan fingerprint density at radius 1 is 1.70 bits per heavy atom. The first-order valence-electron chi connectivity index (χ1n) is 2.69. The SMILES string of the molecule is Cc1cc(N)c(I)nc1Br. The molecule has 0 fully saturated rings. The first-order valence-corrected chi connectivity index (χ1v) is 4.56. The normalized spacial score (nSPS) is 9.90. The molecule has 1 aromatic heterocycles. The molecular formula is C6H6BrIN2. The lowest BCUT2D eigenvalue weighted by atomic mass is 10.3. The van der Waals surface area contributed by atoms with Gasteiger partial charge in [0.1, 0.15) is 8.30 Å². The van der Waals surface area contributed by atoms with Crippen molar-refractivity contribution in [2.24, 2.45) is 0 Å². The first-order chi connectivity index (χ1) is 4.61. The van der Waals surface area contributed by atoms with E-state index < -0.39 is 0 Å². The van der Waals surface area contributed by atoms with E-state index in [4.69, 9.17) is 5.73 Å². The molecule has 0 aliphatic carbocycles.